The number of nitrogens with one attached hydrogen (secondary N) is 1. The molecule has 1 aromatic carbocycles. The fourth-order valence-electron chi connectivity index (χ4n) is 5.84. The van der Waals surface area contributed by atoms with Crippen LogP contribution in [0.15, 0.2) is 23.8 Å². The quantitative estimate of drug-likeness (QED) is 0.147. The van der Waals surface area contributed by atoms with Gasteiger partial charge in [-0.2, -0.15) is 0 Å². The third-order valence-corrected chi connectivity index (χ3v) is 9.98. The number of rotatable bonds is 12. The van der Waals surface area contributed by atoms with Crippen molar-refractivity contribution in [2.45, 2.75) is 116 Å². The molecular weight excluding hydrogens is 539 g/mol. The Labute approximate surface area is 248 Å². The van der Waals surface area contributed by atoms with Gasteiger partial charge in [-0.25, -0.2) is 14.4 Å². The average Bonchev–Trinajstić information content (AvgIpc) is 2.86. The van der Waals surface area contributed by atoms with Crippen molar-refractivity contribution >= 4 is 34.9 Å². The van der Waals surface area contributed by atoms with Gasteiger partial charge in [-0.1, -0.05) is 43.0 Å². The van der Waals surface area contributed by atoms with Crippen LogP contribution in [0, 0.1) is 5.92 Å². The van der Waals surface area contributed by atoms with Crippen molar-refractivity contribution in [2.24, 2.45) is 5.92 Å². The largest absolute Gasteiger partial charge is 0.487 e. The highest BCUT2D eigenvalue weighted by atomic mass is 31.2. The number of esters is 1. The fourth-order valence-corrected chi connectivity index (χ4v) is 7.42. The Morgan fingerprint density at radius 3 is 2.51 bits per heavy atom. The van der Waals surface area contributed by atoms with Crippen molar-refractivity contribution in [3.05, 3.63) is 34.9 Å². The molecular formula is C30H48B2NO7P. The lowest BCUT2D eigenvalue weighted by Gasteiger charge is -2.47. The van der Waals surface area contributed by atoms with E-state index in [2.05, 4.69) is 60.6 Å². The summed E-state index contributed by atoms with van der Waals surface area (Å²) in [5.74, 6) is 0.452. The maximum absolute atomic E-state index is 14.4. The predicted molar refractivity (Wildman–Crippen MR) is 168 cm³/mol. The first kappa shape index (κ1) is 33.3. The van der Waals surface area contributed by atoms with Gasteiger partial charge < -0.3 is 18.7 Å². The lowest BCUT2D eigenvalue weighted by molar-refractivity contribution is -0.149. The Morgan fingerprint density at radius 1 is 1.22 bits per heavy atom. The van der Waals surface area contributed by atoms with E-state index in [0.717, 1.165) is 43.2 Å². The van der Waals surface area contributed by atoms with E-state index in [1.54, 1.807) is 20.8 Å². The molecule has 0 radical (unpaired) electrons. The Bertz CT molecular complexity index is 1210. The van der Waals surface area contributed by atoms with E-state index in [4.69, 9.17) is 18.7 Å². The maximum atomic E-state index is 14.4. The van der Waals surface area contributed by atoms with Crippen molar-refractivity contribution in [1.82, 2.24) is 5.09 Å². The number of allylic oxidation sites excluding steroid dienone is 2. The van der Waals surface area contributed by atoms with Gasteiger partial charge in [-0.3, -0.25) is 4.79 Å². The summed E-state index contributed by atoms with van der Waals surface area (Å²) in [5, 5.41) is 2.42. The summed E-state index contributed by atoms with van der Waals surface area (Å²) >= 11 is 0. The molecule has 4 unspecified atom stereocenters. The molecule has 3 rings (SSSR count). The van der Waals surface area contributed by atoms with Gasteiger partial charge in [0.15, 0.2) is 0 Å². The second-order valence-corrected chi connectivity index (χ2v) is 14.9. The van der Waals surface area contributed by atoms with Gasteiger partial charge in [0, 0.05) is 17.4 Å². The molecule has 0 bridgehead atoms. The van der Waals surface area contributed by atoms with Crippen LogP contribution in [0.1, 0.15) is 105 Å². The van der Waals surface area contributed by atoms with Crippen LogP contribution in [0.25, 0.3) is 0 Å². The average molecular weight is 587 g/mol. The molecule has 1 aliphatic carbocycles. The monoisotopic (exact) mass is 587 g/mol. The molecule has 0 amide bonds. The van der Waals surface area contributed by atoms with Crippen molar-refractivity contribution in [2.75, 3.05) is 6.61 Å². The Hall–Kier alpha value is -2.18. The summed E-state index contributed by atoms with van der Waals surface area (Å²) in [6.07, 6.45) is 6.81. The number of benzene rings is 1. The Balaban J connectivity index is 2.20. The van der Waals surface area contributed by atoms with E-state index in [-0.39, 0.29) is 29.8 Å². The molecule has 0 saturated carbocycles. The van der Waals surface area contributed by atoms with Crippen molar-refractivity contribution < 1.29 is 32.9 Å². The van der Waals surface area contributed by atoms with Gasteiger partial charge in [-0.15, -0.1) is 0 Å². The topological polar surface area (TPSA) is 100 Å². The summed E-state index contributed by atoms with van der Waals surface area (Å²) in [5.41, 5.74) is 1.53. The lowest BCUT2D eigenvalue weighted by atomic mass is 9.49. The Kier molecular flexibility index (Phi) is 10.6. The maximum Gasteiger partial charge on any atom is 0.424 e. The van der Waals surface area contributed by atoms with Gasteiger partial charge >= 0.3 is 19.2 Å². The van der Waals surface area contributed by atoms with E-state index < -0.39 is 30.8 Å². The lowest BCUT2D eigenvalue weighted by Crippen LogP contribution is -2.45. The number of hydrogen-bond donors (Lipinski definition) is 1. The molecule has 8 nitrogen and oxygen atoms in total. The van der Waals surface area contributed by atoms with Crippen LogP contribution in [0.3, 0.4) is 0 Å². The molecule has 4 atom stereocenters. The molecule has 1 aromatic rings. The highest BCUT2D eigenvalue weighted by Crippen LogP contribution is 2.57. The molecule has 0 fully saturated rings. The van der Waals surface area contributed by atoms with E-state index in [0.29, 0.717) is 11.5 Å². The second-order valence-electron chi connectivity index (χ2n) is 12.9. The number of ether oxygens (including phenoxy) is 3. The molecule has 0 aromatic heterocycles. The molecule has 2 aliphatic rings. The summed E-state index contributed by atoms with van der Waals surface area (Å²) < 4.78 is 37.8. The van der Waals surface area contributed by atoms with Crippen LogP contribution in [0.2, 0.25) is 0 Å². The number of carbonyl (C=O) groups excluding carboxylic acids is 2. The van der Waals surface area contributed by atoms with Crippen LogP contribution in [0.4, 0.5) is 4.79 Å². The normalized spacial score (nSPS) is 21.8. The standard InChI is InChI=1S/C30H48B2NO7P/c1-9-11-14-30(31,32)21-16-24-26(22-15-19(5)12-13-23(22)29(7,8)39-24)25(17-21)40-41(36,28(35)37-10-2)33-20(6)27(34)38-18(3)4/h15-18,20,22-23H,9-14,31-32H2,1-8H3,(H,33,36). The first-order chi connectivity index (χ1) is 19.0. The number of carbonyl (C=O) groups is 2. The second kappa shape index (κ2) is 13.0. The Morgan fingerprint density at radius 2 is 1.90 bits per heavy atom. The first-order valence-corrected chi connectivity index (χ1v) is 16.7. The zero-order valence-corrected chi connectivity index (χ0v) is 27.5. The van der Waals surface area contributed by atoms with Gasteiger partial charge in [0.05, 0.1) is 12.7 Å². The van der Waals surface area contributed by atoms with Crippen LogP contribution in [0.5, 0.6) is 11.5 Å². The smallest absolute Gasteiger partial charge is 0.424 e. The molecule has 0 saturated heterocycles. The highest BCUT2D eigenvalue weighted by Gasteiger charge is 2.48. The van der Waals surface area contributed by atoms with E-state index in [1.165, 1.54) is 12.5 Å². The SMILES string of the molecule is BC(B)(CCCC)c1cc2c(c(OP(=O)(NC(C)C(=O)OC(C)C)C(=O)OCC)c1)C1C=C(C)CCC1C(C)(C)O2. The molecule has 1 heterocycles. The van der Waals surface area contributed by atoms with Crippen molar-refractivity contribution in [1.29, 1.82) is 0 Å². The van der Waals surface area contributed by atoms with Crippen molar-refractivity contribution in [3.8, 4) is 11.5 Å². The molecule has 0 spiro atoms. The molecule has 11 heteroatoms. The minimum Gasteiger partial charge on any atom is -0.487 e. The third kappa shape index (κ3) is 7.62. The number of hydrogen-bond acceptors (Lipinski definition) is 7. The summed E-state index contributed by atoms with van der Waals surface area (Å²) in [7, 11) is -0.0859. The third-order valence-electron chi connectivity index (χ3n) is 8.19. The van der Waals surface area contributed by atoms with Crippen LogP contribution in [-0.4, -0.2) is 51.7 Å². The van der Waals surface area contributed by atoms with Crippen LogP contribution in [-0.2, 0) is 24.0 Å². The predicted octanol–water partition coefficient (Wildman–Crippen LogP) is 5.56. The van der Waals surface area contributed by atoms with E-state index >= 15 is 0 Å². The zero-order chi connectivity index (χ0) is 30.8. The highest BCUT2D eigenvalue weighted by molar-refractivity contribution is 7.74. The van der Waals surface area contributed by atoms with Gasteiger partial charge in [0.2, 0.25) is 0 Å². The minimum atomic E-state index is -4.42. The number of fused-ring (bicyclic) bond motifs is 3. The van der Waals surface area contributed by atoms with Gasteiger partial charge in [0.25, 0.3) is 0 Å². The zero-order valence-electron chi connectivity index (χ0n) is 26.6. The van der Waals surface area contributed by atoms with E-state index in [9.17, 15) is 14.2 Å². The molecule has 1 aliphatic heterocycles. The van der Waals surface area contributed by atoms with Crippen molar-refractivity contribution in [3.63, 3.8) is 0 Å². The molecule has 1 N–H and O–H groups in total. The molecule has 226 valence electrons. The summed E-state index contributed by atoms with van der Waals surface area (Å²) in [6.45, 7) is 15.1. The number of unbranched alkanes of at least 4 members (excludes halogenated alkanes) is 1. The van der Waals surface area contributed by atoms with Gasteiger partial charge in [-0.05, 0) is 79.0 Å². The minimum absolute atomic E-state index is 0.00477. The molecule has 41 heavy (non-hydrogen) atoms. The van der Waals surface area contributed by atoms with Crippen LogP contribution < -0.4 is 14.3 Å². The van der Waals surface area contributed by atoms with E-state index in [1.807, 2.05) is 6.07 Å². The first-order valence-electron chi connectivity index (χ1n) is 15.0. The summed E-state index contributed by atoms with van der Waals surface area (Å²) in [4.78, 5) is 25.8. The van der Waals surface area contributed by atoms with Gasteiger partial charge in [0.1, 0.15) is 38.8 Å². The fraction of sp³-hybridized carbons (Fsp3) is 0.667. The summed E-state index contributed by atoms with van der Waals surface area (Å²) in [6, 6.07) is 2.90. The van der Waals surface area contributed by atoms with Crippen LogP contribution >= 0.6 is 7.52 Å².